The van der Waals surface area contributed by atoms with Gasteiger partial charge >= 0.3 is 11.8 Å². The number of sulfone groups is 1. The van der Waals surface area contributed by atoms with Gasteiger partial charge in [0.1, 0.15) is 0 Å². The highest BCUT2D eigenvalue weighted by Gasteiger charge is 2.36. The van der Waals surface area contributed by atoms with Crippen molar-refractivity contribution in [2.45, 2.75) is 40.2 Å². The van der Waals surface area contributed by atoms with Crippen LogP contribution in [0.1, 0.15) is 30.0 Å². The lowest BCUT2D eigenvalue weighted by atomic mass is 10.1. The highest BCUT2D eigenvalue weighted by Crippen LogP contribution is 2.23. The van der Waals surface area contributed by atoms with E-state index in [1.165, 1.54) is 4.90 Å². The molecule has 0 aromatic heterocycles. The number of aryl methyl sites for hydroxylation is 3. The third-order valence-electron chi connectivity index (χ3n) is 4.36. The molecule has 0 saturated carbocycles. The third-order valence-corrected chi connectivity index (χ3v) is 6.11. The summed E-state index contributed by atoms with van der Waals surface area (Å²) < 4.78 is 23.3. The van der Waals surface area contributed by atoms with Gasteiger partial charge in [-0.2, -0.15) is 0 Å². The average molecular weight is 352 g/mol. The summed E-state index contributed by atoms with van der Waals surface area (Å²) in [6.45, 7) is 7.77. The predicted octanol–water partition coefficient (Wildman–Crippen LogP) is 1.59. The van der Waals surface area contributed by atoms with Crippen LogP contribution in [0.5, 0.6) is 0 Å². The molecule has 1 unspecified atom stereocenters. The van der Waals surface area contributed by atoms with Crippen LogP contribution in [-0.4, -0.2) is 49.2 Å². The Bertz CT molecular complexity index is 748. The lowest BCUT2D eigenvalue weighted by molar-refractivity contribution is -0.144. The predicted molar refractivity (Wildman–Crippen MR) is 93.7 cm³/mol. The third kappa shape index (κ3) is 3.95. The van der Waals surface area contributed by atoms with Crippen LogP contribution in [0.15, 0.2) is 12.1 Å². The molecule has 7 heteroatoms. The van der Waals surface area contributed by atoms with Gasteiger partial charge in [-0.05, 0) is 45.2 Å². The van der Waals surface area contributed by atoms with Gasteiger partial charge in [-0.1, -0.05) is 17.7 Å². The zero-order chi connectivity index (χ0) is 18.1. The van der Waals surface area contributed by atoms with Crippen molar-refractivity contribution >= 4 is 27.3 Å². The summed E-state index contributed by atoms with van der Waals surface area (Å²) >= 11 is 0. The van der Waals surface area contributed by atoms with Gasteiger partial charge in [0.05, 0.1) is 11.5 Å². The molecule has 1 aliphatic heterocycles. The van der Waals surface area contributed by atoms with Crippen molar-refractivity contribution in [2.75, 3.05) is 23.4 Å². The molecule has 1 aromatic rings. The van der Waals surface area contributed by atoms with Crippen molar-refractivity contribution < 1.29 is 18.0 Å². The van der Waals surface area contributed by atoms with Crippen LogP contribution < -0.4 is 5.32 Å². The zero-order valence-corrected chi connectivity index (χ0v) is 15.4. The Kier molecular flexibility index (Phi) is 5.32. The van der Waals surface area contributed by atoms with Gasteiger partial charge in [0, 0.05) is 18.3 Å². The standard InChI is InChI=1S/C17H24N2O4S/c1-5-19(14-6-7-24(22,23)10-14)17(21)16(20)18-15-12(3)8-11(2)9-13(15)4/h8-9,14H,5-7,10H2,1-4H3,(H,18,20). The molecule has 132 valence electrons. The molecule has 1 heterocycles. The largest absolute Gasteiger partial charge is 0.331 e. The second-order valence-corrected chi connectivity index (χ2v) is 8.60. The molecule has 1 saturated heterocycles. The van der Waals surface area contributed by atoms with Crippen LogP contribution >= 0.6 is 0 Å². The number of anilines is 1. The molecule has 1 atom stereocenters. The molecule has 0 radical (unpaired) electrons. The van der Waals surface area contributed by atoms with Crippen molar-refractivity contribution in [1.82, 2.24) is 4.90 Å². The summed E-state index contributed by atoms with van der Waals surface area (Å²) in [5.74, 6) is -1.41. The van der Waals surface area contributed by atoms with Crippen LogP contribution in [0, 0.1) is 20.8 Å². The zero-order valence-electron chi connectivity index (χ0n) is 14.5. The number of nitrogens with zero attached hydrogens (tertiary/aromatic N) is 1. The number of amides is 2. The maximum absolute atomic E-state index is 12.5. The lowest BCUT2D eigenvalue weighted by Crippen LogP contribution is -2.46. The fourth-order valence-corrected chi connectivity index (χ4v) is 4.99. The minimum Gasteiger partial charge on any atom is -0.331 e. The molecule has 0 spiro atoms. The van der Waals surface area contributed by atoms with E-state index in [1.54, 1.807) is 6.92 Å². The number of carbonyl (C=O) groups excluding carboxylic acids is 2. The summed E-state index contributed by atoms with van der Waals surface area (Å²) in [6.07, 6.45) is 0.387. The fourth-order valence-electron chi connectivity index (χ4n) is 3.26. The van der Waals surface area contributed by atoms with E-state index in [4.69, 9.17) is 0 Å². The SMILES string of the molecule is CCN(C(=O)C(=O)Nc1c(C)cc(C)cc1C)C1CCS(=O)(=O)C1. The molecule has 1 aromatic carbocycles. The Morgan fingerprint density at radius 1 is 1.21 bits per heavy atom. The maximum atomic E-state index is 12.5. The number of hydrogen-bond acceptors (Lipinski definition) is 4. The first-order valence-electron chi connectivity index (χ1n) is 8.05. The van der Waals surface area contributed by atoms with Crippen molar-refractivity contribution in [3.05, 3.63) is 28.8 Å². The second-order valence-electron chi connectivity index (χ2n) is 6.38. The highest BCUT2D eigenvalue weighted by molar-refractivity contribution is 7.91. The van der Waals surface area contributed by atoms with Crippen LogP contribution in [0.3, 0.4) is 0 Å². The number of likely N-dealkylation sites (N-methyl/N-ethyl adjacent to an activating group) is 1. The van der Waals surface area contributed by atoms with Gasteiger partial charge in [0.2, 0.25) is 0 Å². The van der Waals surface area contributed by atoms with Crippen LogP contribution in [0.4, 0.5) is 5.69 Å². The molecule has 6 nitrogen and oxygen atoms in total. The first-order valence-corrected chi connectivity index (χ1v) is 9.87. The average Bonchev–Trinajstić information content (AvgIpc) is 2.83. The van der Waals surface area contributed by atoms with Gasteiger partial charge < -0.3 is 10.2 Å². The van der Waals surface area contributed by atoms with E-state index in [9.17, 15) is 18.0 Å². The van der Waals surface area contributed by atoms with Gasteiger partial charge in [-0.3, -0.25) is 9.59 Å². The normalized spacial score (nSPS) is 19.1. The van der Waals surface area contributed by atoms with E-state index >= 15 is 0 Å². The molecule has 1 aliphatic rings. The molecule has 1 fully saturated rings. The smallest absolute Gasteiger partial charge is 0.313 e. The lowest BCUT2D eigenvalue weighted by Gasteiger charge is -2.26. The maximum Gasteiger partial charge on any atom is 0.313 e. The molecule has 0 aliphatic carbocycles. The number of benzene rings is 1. The molecular formula is C17H24N2O4S. The molecule has 2 rings (SSSR count). The molecule has 0 bridgehead atoms. The van der Waals surface area contributed by atoms with E-state index in [0.29, 0.717) is 18.7 Å². The quantitative estimate of drug-likeness (QED) is 0.837. The Morgan fingerprint density at radius 3 is 2.25 bits per heavy atom. The monoisotopic (exact) mass is 352 g/mol. The number of nitrogens with one attached hydrogen (secondary N) is 1. The molecule has 24 heavy (non-hydrogen) atoms. The van der Waals surface area contributed by atoms with E-state index in [-0.39, 0.29) is 11.5 Å². The molecule has 1 N–H and O–H groups in total. The van der Waals surface area contributed by atoms with Gasteiger partial charge in [-0.15, -0.1) is 0 Å². The first kappa shape index (κ1) is 18.4. The second kappa shape index (κ2) is 6.93. The Morgan fingerprint density at radius 2 is 1.79 bits per heavy atom. The van der Waals surface area contributed by atoms with E-state index < -0.39 is 27.7 Å². The summed E-state index contributed by atoms with van der Waals surface area (Å²) in [4.78, 5) is 26.2. The van der Waals surface area contributed by atoms with Gasteiger partial charge in [0.15, 0.2) is 9.84 Å². The van der Waals surface area contributed by atoms with Gasteiger partial charge in [0.25, 0.3) is 0 Å². The van der Waals surface area contributed by atoms with E-state index in [0.717, 1.165) is 16.7 Å². The van der Waals surface area contributed by atoms with E-state index in [1.807, 2.05) is 32.9 Å². The molecular weight excluding hydrogens is 328 g/mol. The minimum absolute atomic E-state index is 0.0670. The Hall–Kier alpha value is -1.89. The van der Waals surface area contributed by atoms with Crippen molar-refractivity contribution in [1.29, 1.82) is 0 Å². The fraction of sp³-hybridized carbons (Fsp3) is 0.529. The van der Waals surface area contributed by atoms with Crippen molar-refractivity contribution in [3.8, 4) is 0 Å². The molecule has 2 amide bonds. The van der Waals surface area contributed by atoms with E-state index in [2.05, 4.69) is 5.32 Å². The van der Waals surface area contributed by atoms with Crippen LogP contribution in [-0.2, 0) is 19.4 Å². The number of hydrogen-bond donors (Lipinski definition) is 1. The van der Waals surface area contributed by atoms with Crippen LogP contribution in [0.25, 0.3) is 0 Å². The topological polar surface area (TPSA) is 83.6 Å². The van der Waals surface area contributed by atoms with Crippen molar-refractivity contribution in [2.24, 2.45) is 0 Å². The first-order chi connectivity index (χ1) is 11.1. The Balaban J connectivity index is 2.15. The number of rotatable bonds is 3. The van der Waals surface area contributed by atoms with Gasteiger partial charge in [-0.25, -0.2) is 8.42 Å². The highest BCUT2D eigenvalue weighted by atomic mass is 32.2. The Labute approximate surface area is 143 Å². The number of carbonyl (C=O) groups is 2. The minimum atomic E-state index is -3.11. The summed E-state index contributed by atoms with van der Waals surface area (Å²) in [5.41, 5.74) is 3.50. The van der Waals surface area contributed by atoms with Crippen molar-refractivity contribution in [3.63, 3.8) is 0 Å². The summed E-state index contributed by atoms with van der Waals surface area (Å²) in [7, 11) is -3.11. The van der Waals surface area contributed by atoms with Crippen LogP contribution in [0.2, 0.25) is 0 Å². The summed E-state index contributed by atoms with van der Waals surface area (Å²) in [5, 5.41) is 2.68. The summed E-state index contributed by atoms with van der Waals surface area (Å²) in [6, 6.07) is 3.46.